The van der Waals surface area contributed by atoms with Gasteiger partial charge in [0.05, 0.1) is 12.2 Å². The van der Waals surface area contributed by atoms with Crippen molar-refractivity contribution >= 4 is 5.97 Å². The van der Waals surface area contributed by atoms with Gasteiger partial charge in [-0.2, -0.15) is 0 Å². The summed E-state index contributed by atoms with van der Waals surface area (Å²) in [4.78, 5) is 11.5. The molecule has 0 aliphatic heterocycles. The van der Waals surface area contributed by atoms with Crippen LogP contribution in [0.4, 0.5) is 0 Å². The van der Waals surface area contributed by atoms with E-state index in [9.17, 15) is 4.79 Å². The van der Waals surface area contributed by atoms with E-state index in [1.165, 1.54) is 0 Å². The lowest BCUT2D eigenvalue weighted by molar-refractivity contribution is 0.0526. The average Bonchev–Trinajstić information content (AvgIpc) is 2.28. The van der Waals surface area contributed by atoms with Crippen LogP contribution in [-0.2, 0) is 4.74 Å². The maximum absolute atomic E-state index is 11.5. The Balaban J connectivity index is 2.87. The van der Waals surface area contributed by atoms with E-state index in [0.717, 1.165) is 5.56 Å². The van der Waals surface area contributed by atoms with Gasteiger partial charge >= 0.3 is 5.97 Å². The first kappa shape index (κ1) is 11.7. The highest BCUT2D eigenvalue weighted by Crippen LogP contribution is 2.14. The summed E-state index contributed by atoms with van der Waals surface area (Å²) in [5.41, 5.74) is 1.69. The molecule has 1 rings (SSSR count). The number of hydrogen-bond acceptors (Lipinski definition) is 3. The van der Waals surface area contributed by atoms with Crippen molar-refractivity contribution in [1.29, 1.82) is 0 Å². The second-order valence-corrected chi connectivity index (χ2v) is 3.36. The number of rotatable bonds is 4. The molecule has 0 aromatic heterocycles. The Bertz CT molecular complexity index is 336. The molecule has 0 saturated heterocycles. The summed E-state index contributed by atoms with van der Waals surface area (Å²) in [6.45, 7) is 4.26. The fourth-order valence-electron chi connectivity index (χ4n) is 1.32. The van der Waals surface area contributed by atoms with Gasteiger partial charge in [-0.25, -0.2) is 4.79 Å². The van der Waals surface area contributed by atoms with Gasteiger partial charge in [-0.15, -0.1) is 0 Å². The summed E-state index contributed by atoms with van der Waals surface area (Å²) in [6, 6.07) is 7.72. The molecule has 0 spiro atoms. The molecule has 1 aromatic rings. The van der Waals surface area contributed by atoms with Gasteiger partial charge in [0.25, 0.3) is 0 Å². The van der Waals surface area contributed by atoms with E-state index in [1.54, 1.807) is 13.0 Å². The zero-order valence-corrected chi connectivity index (χ0v) is 9.41. The van der Waals surface area contributed by atoms with Crippen molar-refractivity contribution in [2.45, 2.75) is 19.9 Å². The molecule has 0 aliphatic rings. The van der Waals surface area contributed by atoms with Crippen LogP contribution in [0.3, 0.4) is 0 Å². The third kappa shape index (κ3) is 3.06. The number of nitrogens with one attached hydrogen (secondary N) is 1. The van der Waals surface area contributed by atoms with Crippen molar-refractivity contribution in [3.63, 3.8) is 0 Å². The van der Waals surface area contributed by atoms with Crippen molar-refractivity contribution in [2.75, 3.05) is 13.7 Å². The first-order chi connectivity index (χ1) is 7.19. The minimum atomic E-state index is -0.261. The van der Waals surface area contributed by atoms with E-state index in [2.05, 4.69) is 5.32 Å². The SMILES string of the molecule is CCOC(=O)c1cccc([C@H](C)NC)c1. The number of esters is 1. The molecule has 0 heterocycles. The standard InChI is InChI=1S/C12H17NO2/c1-4-15-12(14)11-7-5-6-10(8-11)9(2)13-3/h5-9,13H,4H2,1-3H3/t9-/m0/s1. The van der Waals surface area contributed by atoms with E-state index >= 15 is 0 Å². The summed E-state index contributed by atoms with van der Waals surface area (Å²) < 4.78 is 4.94. The summed E-state index contributed by atoms with van der Waals surface area (Å²) in [5.74, 6) is -0.261. The highest BCUT2D eigenvalue weighted by Gasteiger charge is 2.08. The number of carbonyl (C=O) groups excluding carboxylic acids is 1. The molecule has 1 atom stereocenters. The van der Waals surface area contributed by atoms with Crippen molar-refractivity contribution < 1.29 is 9.53 Å². The number of ether oxygens (including phenoxy) is 1. The van der Waals surface area contributed by atoms with Gasteiger partial charge in [-0.05, 0) is 38.6 Å². The normalized spacial score (nSPS) is 12.2. The highest BCUT2D eigenvalue weighted by atomic mass is 16.5. The lowest BCUT2D eigenvalue weighted by Gasteiger charge is -2.11. The van der Waals surface area contributed by atoms with E-state index in [-0.39, 0.29) is 12.0 Å². The average molecular weight is 207 g/mol. The largest absolute Gasteiger partial charge is 0.462 e. The molecule has 0 bridgehead atoms. The lowest BCUT2D eigenvalue weighted by Crippen LogP contribution is -2.13. The van der Waals surface area contributed by atoms with E-state index in [1.807, 2.05) is 32.2 Å². The van der Waals surface area contributed by atoms with Crippen molar-refractivity contribution in [3.05, 3.63) is 35.4 Å². The maximum Gasteiger partial charge on any atom is 0.338 e. The molecule has 82 valence electrons. The van der Waals surface area contributed by atoms with Crippen LogP contribution >= 0.6 is 0 Å². The Morgan fingerprint density at radius 3 is 2.87 bits per heavy atom. The fraction of sp³-hybridized carbons (Fsp3) is 0.417. The molecule has 1 N–H and O–H groups in total. The first-order valence-corrected chi connectivity index (χ1v) is 5.13. The second kappa shape index (κ2) is 5.51. The molecule has 3 heteroatoms. The molecule has 0 radical (unpaired) electrons. The monoisotopic (exact) mass is 207 g/mol. The molecular formula is C12H17NO2. The quantitative estimate of drug-likeness (QED) is 0.769. The summed E-state index contributed by atoms with van der Waals surface area (Å²) in [6.07, 6.45) is 0. The van der Waals surface area contributed by atoms with Crippen molar-refractivity contribution in [3.8, 4) is 0 Å². The van der Waals surface area contributed by atoms with Gasteiger partial charge in [-0.1, -0.05) is 12.1 Å². The second-order valence-electron chi connectivity index (χ2n) is 3.36. The molecular weight excluding hydrogens is 190 g/mol. The van der Waals surface area contributed by atoms with Crippen LogP contribution in [0.5, 0.6) is 0 Å². The molecule has 0 amide bonds. The minimum Gasteiger partial charge on any atom is -0.462 e. The molecule has 0 aliphatic carbocycles. The van der Waals surface area contributed by atoms with Gasteiger partial charge in [0, 0.05) is 6.04 Å². The van der Waals surface area contributed by atoms with Crippen LogP contribution in [0.25, 0.3) is 0 Å². The number of benzene rings is 1. The molecule has 3 nitrogen and oxygen atoms in total. The Labute approximate surface area is 90.4 Å². The lowest BCUT2D eigenvalue weighted by atomic mass is 10.1. The predicted molar refractivity (Wildman–Crippen MR) is 59.9 cm³/mol. The van der Waals surface area contributed by atoms with E-state index in [4.69, 9.17) is 4.74 Å². The number of carbonyl (C=O) groups is 1. The van der Waals surface area contributed by atoms with Crippen LogP contribution in [0.1, 0.15) is 35.8 Å². The van der Waals surface area contributed by atoms with Gasteiger partial charge in [0.2, 0.25) is 0 Å². The fourth-order valence-corrected chi connectivity index (χ4v) is 1.32. The Hall–Kier alpha value is -1.35. The van der Waals surface area contributed by atoms with Crippen LogP contribution < -0.4 is 5.32 Å². The molecule has 0 unspecified atom stereocenters. The third-order valence-electron chi connectivity index (χ3n) is 2.33. The van der Waals surface area contributed by atoms with Crippen LogP contribution in [0.15, 0.2) is 24.3 Å². The van der Waals surface area contributed by atoms with Gasteiger partial charge < -0.3 is 10.1 Å². The Morgan fingerprint density at radius 1 is 1.53 bits per heavy atom. The molecule has 1 aromatic carbocycles. The Morgan fingerprint density at radius 2 is 2.27 bits per heavy atom. The topological polar surface area (TPSA) is 38.3 Å². The minimum absolute atomic E-state index is 0.236. The van der Waals surface area contributed by atoms with E-state index < -0.39 is 0 Å². The van der Waals surface area contributed by atoms with Crippen LogP contribution in [-0.4, -0.2) is 19.6 Å². The summed E-state index contributed by atoms with van der Waals surface area (Å²) >= 11 is 0. The zero-order valence-electron chi connectivity index (χ0n) is 9.41. The van der Waals surface area contributed by atoms with E-state index in [0.29, 0.717) is 12.2 Å². The van der Waals surface area contributed by atoms with Crippen molar-refractivity contribution in [2.24, 2.45) is 0 Å². The molecule has 0 fully saturated rings. The first-order valence-electron chi connectivity index (χ1n) is 5.13. The van der Waals surface area contributed by atoms with Crippen molar-refractivity contribution in [1.82, 2.24) is 5.32 Å². The van der Waals surface area contributed by atoms with Gasteiger partial charge in [0.15, 0.2) is 0 Å². The van der Waals surface area contributed by atoms with Gasteiger partial charge in [-0.3, -0.25) is 0 Å². The third-order valence-corrected chi connectivity index (χ3v) is 2.33. The molecule has 0 saturated carbocycles. The maximum atomic E-state index is 11.5. The van der Waals surface area contributed by atoms with Gasteiger partial charge in [0.1, 0.15) is 0 Å². The van der Waals surface area contributed by atoms with Crippen LogP contribution in [0.2, 0.25) is 0 Å². The summed E-state index contributed by atoms with van der Waals surface area (Å²) in [7, 11) is 1.89. The summed E-state index contributed by atoms with van der Waals surface area (Å²) in [5, 5.41) is 3.13. The van der Waals surface area contributed by atoms with Crippen LogP contribution in [0, 0.1) is 0 Å². The number of hydrogen-bond donors (Lipinski definition) is 1. The molecule has 15 heavy (non-hydrogen) atoms. The zero-order chi connectivity index (χ0) is 11.3. The highest BCUT2D eigenvalue weighted by molar-refractivity contribution is 5.89. The predicted octanol–water partition coefficient (Wildman–Crippen LogP) is 2.14. The Kier molecular flexibility index (Phi) is 4.31. The smallest absolute Gasteiger partial charge is 0.338 e.